The molecule has 0 aliphatic rings. The molecular weight excluding hydrogens is 448 g/mol. The van der Waals surface area contributed by atoms with Gasteiger partial charge in [0.2, 0.25) is 10.0 Å². The molecule has 0 saturated heterocycles. The predicted octanol–water partition coefficient (Wildman–Crippen LogP) is 3.03. The van der Waals surface area contributed by atoms with Crippen molar-refractivity contribution in [3.8, 4) is 0 Å². The first-order valence-electron chi connectivity index (χ1n) is 9.45. The average Bonchev–Trinajstić information content (AvgIpc) is 3.04. The van der Waals surface area contributed by atoms with Crippen molar-refractivity contribution in [3.05, 3.63) is 56.2 Å². The van der Waals surface area contributed by atoms with E-state index in [1.54, 1.807) is 12.1 Å². The van der Waals surface area contributed by atoms with Crippen molar-refractivity contribution in [2.75, 3.05) is 6.54 Å². The van der Waals surface area contributed by atoms with Crippen LogP contribution >= 0.6 is 11.6 Å². The molecule has 0 radical (unpaired) electrons. The third kappa shape index (κ3) is 5.15. The number of halogens is 1. The number of carbonyl (C=O) groups is 1. The molecule has 2 aromatic heterocycles. The quantitative estimate of drug-likeness (QED) is 0.394. The van der Waals surface area contributed by atoms with E-state index in [1.807, 2.05) is 6.92 Å². The van der Waals surface area contributed by atoms with Gasteiger partial charge in [-0.25, -0.2) is 17.9 Å². The number of nitrogens with one attached hydrogen (secondary N) is 1. The number of ether oxygens (including phenoxy) is 1. The maximum absolute atomic E-state index is 12.3. The van der Waals surface area contributed by atoms with Crippen molar-refractivity contribution in [1.82, 2.24) is 9.88 Å². The number of esters is 1. The normalized spacial score (nSPS) is 11.7. The fourth-order valence-electron chi connectivity index (χ4n) is 3.13. The lowest BCUT2D eigenvalue weighted by molar-refractivity contribution is -0.144. The van der Waals surface area contributed by atoms with Gasteiger partial charge in [0.15, 0.2) is 5.76 Å². The Hall–Kier alpha value is -2.69. The first-order valence-corrected chi connectivity index (χ1v) is 11.3. The second kappa shape index (κ2) is 9.21. The Morgan fingerprint density at radius 3 is 2.61 bits per heavy atom. The van der Waals surface area contributed by atoms with Gasteiger partial charge in [-0.1, -0.05) is 23.7 Å². The number of hydrogen-bond donors (Lipinski definition) is 1. The average molecular weight is 469 g/mol. The van der Waals surface area contributed by atoms with Crippen LogP contribution in [0.2, 0.25) is 5.02 Å². The van der Waals surface area contributed by atoms with Crippen LogP contribution in [-0.2, 0) is 32.6 Å². The van der Waals surface area contributed by atoms with Gasteiger partial charge in [0.25, 0.3) is 0 Å². The Kier molecular flexibility index (Phi) is 6.83. The second-order valence-corrected chi connectivity index (χ2v) is 8.96. The highest BCUT2D eigenvalue weighted by atomic mass is 35.5. The molecule has 166 valence electrons. The number of aromatic nitrogens is 1. The van der Waals surface area contributed by atoms with E-state index >= 15 is 0 Å². The Morgan fingerprint density at radius 1 is 1.23 bits per heavy atom. The van der Waals surface area contributed by atoms with E-state index < -0.39 is 21.6 Å². The molecule has 3 rings (SSSR count). The first-order chi connectivity index (χ1) is 14.6. The van der Waals surface area contributed by atoms with E-state index in [0.717, 1.165) is 5.56 Å². The molecule has 0 unspecified atom stereocenters. The summed E-state index contributed by atoms with van der Waals surface area (Å²) >= 11 is 6.25. The Balaban J connectivity index is 1.64. The smallest absolute Gasteiger partial charge is 0.336 e. The fraction of sp³-hybridized carbons (Fsp3) is 0.350. The molecule has 1 N–H and O–H groups in total. The van der Waals surface area contributed by atoms with Gasteiger partial charge in [-0.3, -0.25) is 4.79 Å². The summed E-state index contributed by atoms with van der Waals surface area (Å²) in [5.41, 5.74) is 1.28. The lowest BCUT2D eigenvalue weighted by Crippen LogP contribution is -2.27. The molecule has 0 saturated carbocycles. The van der Waals surface area contributed by atoms with E-state index in [9.17, 15) is 18.0 Å². The zero-order valence-electron chi connectivity index (χ0n) is 17.2. The van der Waals surface area contributed by atoms with E-state index in [2.05, 4.69) is 9.88 Å². The van der Waals surface area contributed by atoms with E-state index in [1.165, 1.54) is 19.9 Å². The van der Waals surface area contributed by atoms with Crippen LogP contribution in [0.1, 0.15) is 35.9 Å². The molecule has 0 atom stereocenters. The maximum atomic E-state index is 12.3. The largest absolute Gasteiger partial charge is 0.461 e. The van der Waals surface area contributed by atoms with Crippen LogP contribution in [0, 0.1) is 13.8 Å². The summed E-state index contributed by atoms with van der Waals surface area (Å²) in [6.45, 7) is 4.57. The lowest BCUT2D eigenvalue weighted by Gasteiger charge is -2.10. The van der Waals surface area contributed by atoms with Crippen LogP contribution in [0.5, 0.6) is 0 Å². The molecule has 2 heterocycles. The number of hydrogen-bond acceptors (Lipinski definition) is 8. The van der Waals surface area contributed by atoms with Crippen LogP contribution in [0.3, 0.4) is 0 Å². The lowest BCUT2D eigenvalue weighted by atomic mass is 10.1. The highest BCUT2D eigenvalue weighted by Gasteiger charge is 2.24. The minimum atomic E-state index is -3.87. The highest BCUT2D eigenvalue weighted by molar-refractivity contribution is 7.89. The molecule has 0 amide bonds. The van der Waals surface area contributed by atoms with Gasteiger partial charge in [-0.05, 0) is 38.0 Å². The predicted molar refractivity (Wildman–Crippen MR) is 112 cm³/mol. The molecule has 3 aromatic rings. The molecule has 0 spiro atoms. The minimum absolute atomic E-state index is 0.0494. The van der Waals surface area contributed by atoms with Crippen molar-refractivity contribution in [2.24, 2.45) is 0 Å². The van der Waals surface area contributed by atoms with Crippen molar-refractivity contribution in [2.45, 2.75) is 45.1 Å². The van der Waals surface area contributed by atoms with E-state index in [0.29, 0.717) is 28.0 Å². The summed E-state index contributed by atoms with van der Waals surface area (Å²) in [5.74, 6) is -0.480. The van der Waals surface area contributed by atoms with E-state index in [-0.39, 0.29) is 35.9 Å². The molecule has 0 fully saturated rings. The number of benzene rings is 1. The monoisotopic (exact) mass is 468 g/mol. The zero-order valence-corrected chi connectivity index (χ0v) is 18.7. The zero-order chi connectivity index (χ0) is 22.8. The molecule has 0 bridgehead atoms. The summed E-state index contributed by atoms with van der Waals surface area (Å²) in [5, 5.41) is 4.69. The third-order valence-electron chi connectivity index (χ3n) is 4.62. The summed E-state index contributed by atoms with van der Waals surface area (Å²) in [4.78, 5) is 23.9. The number of carbonyl (C=O) groups excluding carboxylic acids is 1. The number of fused-ring (bicyclic) bond motifs is 1. The number of aryl methyl sites for hydroxylation is 3. The first kappa shape index (κ1) is 23.0. The molecule has 0 aliphatic carbocycles. The van der Waals surface area contributed by atoms with Crippen LogP contribution in [0.15, 0.2) is 36.8 Å². The topological polar surface area (TPSA) is 129 Å². The van der Waals surface area contributed by atoms with Crippen molar-refractivity contribution in [1.29, 1.82) is 0 Å². The van der Waals surface area contributed by atoms with Crippen molar-refractivity contribution < 1.29 is 26.9 Å². The summed E-state index contributed by atoms with van der Waals surface area (Å²) in [6, 6.07) is 4.59. The Labute approximate surface area is 183 Å². The molecule has 31 heavy (non-hydrogen) atoms. The molecular formula is C20H21ClN2O7S. The van der Waals surface area contributed by atoms with Crippen LogP contribution < -0.4 is 10.3 Å². The van der Waals surface area contributed by atoms with Gasteiger partial charge >= 0.3 is 11.6 Å². The summed E-state index contributed by atoms with van der Waals surface area (Å²) < 4.78 is 42.3. The molecule has 1 aromatic carbocycles. The van der Waals surface area contributed by atoms with Gasteiger partial charge in [-0.15, -0.1) is 0 Å². The van der Waals surface area contributed by atoms with E-state index in [4.69, 9.17) is 25.3 Å². The van der Waals surface area contributed by atoms with Gasteiger partial charge in [-0.2, -0.15) is 0 Å². The van der Waals surface area contributed by atoms with Gasteiger partial charge in [0, 0.05) is 28.6 Å². The van der Waals surface area contributed by atoms with Crippen LogP contribution in [-0.4, -0.2) is 26.1 Å². The second-order valence-electron chi connectivity index (χ2n) is 6.85. The maximum Gasteiger partial charge on any atom is 0.336 e. The Bertz CT molecular complexity index is 1280. The van der Waals surface area contributed by atoms with Crippen LogP contribution in [0.25, 0.3) is 11.0 Å². The molecule has 11 heteroatoms. The molecule has 0 aliphatic heterocycles. The Morgan fingerprint density at radius 2 is 1.97 bits per heavy atom. The molecule has 9 nitrogen and oxygen atoms in total. The number of nitrogens with zero attached hydrogens (tertiary/aromatic N) is 1. The SMILES string of the molecule is CCc1cc2oc(=O)cc(COC(=O)CCNS(=O)(=O)c3c(C)noc3C)c2cc1Cl. The fourth-order valence-corrected chi connectivity index (χ4v) is 4.78. The van der Waals surface area contributed by atoms with Gasteiger partial charge in [0.1, 0.15) is 22.8 Å². The standard InChI is InChI=1S/C20H21ClN2O7S/c1-4-13-7-17-15(9-16(13)21)14(8-19(25)29-17)10-28-18(24)5-6-22-31(26,27)20-11(2)23-30-12(20)3/h7-9,22H,4-6,10H2,1-3H3. The van der Waals surface area contributed by atoms with Gasteiger partial charge in [0.05, 0.1) is 6.42 Å². The van der Waals surface area contributed by atoms with Crippen LogP contribution in [0.4, 0.5) is 0 Å². The summed E-state index contributed by atoms with van der Waals surface area (Å²) in [7, 11) is -3.87. The minimum Gasteiger partial charge on any atom is -0.461 e. The van der Waals surface area contributed by atoms with Gasteiger partial charge < -0.3 is 13.7 Å². The third-order valence-corrected chi connectivity index (χ3v) is 6.68. The summed E-state index contributed by atoms with van der Waals surface area (Å²) in [6.07, 6.45) is 0.463. The van der Waals surface area contributed by atoms with Crippen molar-refractivity contribution >= 4 is 38.6 Å². The number of rotatable bonds is 8. The highest BCUT2D eigenvalue weighted by Crippen LogP contribution is 2.26. The van der Waals surface area contributed by atoms with Crippen molar-refractivity contribution in [3.63, 3.8) is 0 Å². The number of sulfonamides is 1.